The van der Waals surface area contributed by atoms with Gasteiger partial charge < -0.3 is 4.90 Å². The number of anilines is 1. The average molecular weight is 750 g/mol. The predicted octanol–water partition coefficient (Wildman–Crippen LogP) is 16.8. The molecule has 2 unspecified atom stereocenters. The second-order valence-corrected chi connectivity index (χ2v) is 15.7. The summed E-state index contributed by atoms with van der Waals surface area (Å²) in [6.45, 7) is 22.0. The van der Waals surface area contributed by atoms with Crippen molar-refractivity contribution >= 4 is 33.3 Å². The van der Waals surface area contributed by atoms with Crippen LogP contribution in [-0.4, -0.2) is 0 Å². The van der Waals surface area contributed by atoms with Crippen molar-refractivity contribution in [1.82, 2.24) is 0 Å². The second-order valence-electron chi connectivity index (χ2n) is 15.7. The van der Waals surface area contributed by atoms with E-state index in [4.69, 9.17) is 0 Å². The summed E-state index contributed by atoms with van der Waals surface area (Å²) in [4.78, 5) is 2.52. The molecule has 0 saturated heterocycles. The summed E-state index contributed by atoms with van der Waals surface area (Å²) in [6, 6.07) is 42.7. The third-order valence-electron chi connectivity index (χ3n) is 11.6. The molecule has 0 amide bonds. The summed E-state index contributed by atoms with van der Waals surface area (Å²) in [5.74, 6) is 0.819. The topological polar surface area (TPSA) is 3.24 Å². The quantitative estimate of drug-likeness (QED) is 0.150. The smallest absolute Gasteiger partial charge is 0.0487 e. The molecule has 2 aliphatic carbocycles. The van der Waals surface area contributed by atoms with Gasteiger partial charge in [-0.1, -0.05) is 196 Å². The molecule has 2 aliphatic rings. The Hall–Kier alpha value is -5.40. The fourth-order valence-electron chi connectivity index (χ4n) is 8.91. The maximum absolute atomic E-state index is 2.52. The van der Waals surface area contributed by atoms with Gasteiger partial charge in [-0.2, -0.15) is 0 Å². The Morgan fingerprint density at radius 1 is 0.754 bits per heavy atom. The van der Waals surface area contributed by atoms with Gasteiger partial charge in [0.1, 0.15) is 0 Å². The Kier molecular flexibility index (Phi) is 13.2. The Morgan fingerprint density at radius 3 is 2.05 bits per heavy atom. The number of para-hydroxylation sites is 1. The molecular weight excluding hydrogens is 687 g/mol. The molecule has 0 bridgehead atoms. The lowest BCUT2D eigenvalue weighted by molar-refractivity contribution is 0.582. The third-order valence-corrected chi connectivity index (χ3v) is 11.6. The molecule has 0 aliphatic heterocycles. The third kappa shape index (κ3) is 8.08. The summed E-state index contributed by atoms with van der Waals surface area (Å²) < 4.78 is 0. The molecule has 0 N–H and O–H groups in total. The molecule has 2 atom stereocenters. The lowest BCUT2D eigenvalue weighted by Crippen LogP contribution is -2.30. The van der Waals surface area contributed by atoms with Gasteiger partial charge in [0, 0.05) is 22.5 Å². The van der Waals surface area contributed by atoms with Gasteiger partial charge in [-0.05, 0) is 122 Å². The van der Waals surface area contributed by atoms with Crippen molar-refractivity contribution in [3.63, 3.8) is 0 Å². The van der Waals surface area contributed by atoms with Crippen LogP contribution in [0.15, 0.2) is 157 Å². The Bertz CT molecular complexity index is 2450. The summed E-state index contributed by atoms with van der Waals surface area (Å²) in [6.07, 6.45) is 17.6. The van der Waals surface area contributed by atoms with Gasteiger partial charge in [0.25, 0.3) is 0 Å². The first-order chi connectivity index (χ1) is 27.8. The Balaban J connectivity index is 0.00000133. The molecule has 0 radical (unpaired) electrons. The van der Waals surface area contributed by atoms with E-state index in [1.165, 1.54) is 83.1 Å². The fraction of sp³-hybridized carbons (Fsp3) is 0.286. The van der Waals surface area contributed by atoms with E-state index in [1.807, 2.05) is 27.7 Å². The van der Waals surface area contributed by atoms with E-state index < -0.39 is 0 Å². The maximum Gasteiger partial charge on any atom is 0.0487 e. The van der Waals surface area contributed by atoms with Gasteiger partial charge in [0.15, 0.2) is 0 Å². The van der Waals surface area contributed by atoms with Crippen molar-refractivity contribution in [3.8, 4) is 22.3 Å². The predicted molar refractivity (Wildman–Crippen MR) is 253 cm³/mol. The SMILES string of the molecule is CC.CC.CC/C=C(\C(C)C)N(C1=CCC(C)(c2c3c(c(-c4ccc(-c5ccc6ccccc6c5)cc4)c4ccccc24)C=CCC3C)C=C1)c1ccccc1C. The van der Waals surface area contributed by atoms with Crippen LogP contribution in [0.3, 0.4) is 0 Å². The average Bonchev–Trinajstić information content (AvgIpc) is 3.25. The number of fused-ring (bicyclic) bond motifs is 3. The highest BCUT2D eigenvalue weighted by Gasteiger charge is 2.35. The van der Waals surface area contributed by atoms with E-state index >= 15 is 0 Å². The van der Waals surface area contributed by atoms with Crippen molar-refractivity contribution in [1.29, 1.82) is 0 Å². The lowest BCUT2D eigenvalue weighted by Gasteiger charge is -2.39. The molecule has 1 nitrogen and oxygen atoms in total. The van der Waals surface area contributed by atoms with Crippen LogP contribution in [0.4, 0.5) is 5.69 Å². The first-order valence-corrected chi connectivity index (χ1v) is 21.6. The zero-order valence-corrected chi connectivity index (χ0v) is 36.2. The zero-order valence-electron chi connectivity index (χ0n) is 36.2. The van der Waals surface area contributed by atoms with Crippen LogP contribution in [-0.2, 0) is 5.41 Å². The summed E-state index contributed by atoms with van der Waals surface area (Å²) in [5.41, 5.74) is 14.5. The van der Waals surface area contributed by atoms with E-state index in [1.54, 1.807) is 0 Å². The molecule has 0 saturated carbocycles. The van der Waals surface area contributed by atoms with Gasteiger partial charge in [-0.25, -0.2) is 0 Å². The minimum atomic E-state index is -0.158. The number of rotatable bonds is 8. The normalized spacial score (nSPS) is 17.4. The highest BCUT2D eigenvalue weighted by Crippen LogP contribution is 2.50. The summed E-state index contributed by atoms with van der Waals surface area (Å²) >= 11 is 0. The number of aryl methyl sites for hydroxylation is 1. The van der Waals surface area contributed by atoms with Crippen molar-refractivity contribution in [2.24, 2.45) is 5.92 Å². The Morgan fingerprint density at radius 2 is 1.39 bits per heavy atom. The summed E-state index contributed by atoms with van der Waals surface area (Å²) in [7, 11) is 0. The number of benzene rings is 6. The Labute approximate surface area is 344 Å². The van der Waals surface area contributed by atoms with Crippen LogP contribution in [0.1, 0.15) is 110 Å². The van der Waals surface area contributed by atoms with Crippen molar-refractivity contribution in [3.05, 3.63) is 179 Å². The van der Waals surface area contributed by atoms with Crippen LogP contribution >= 0.6 is 0 Å². The zero-order chi connectivity index (χ0) is 40.7. The molecule has 57 heavy (non-hydrogen) atoms. The van der Waals surface area contributed by atoms with E-state index in [-0.39, 0.29) is 5.41 Å². The van der Waals surface area contributed by atoms with Crippen LogP contribution in [0.25, 0.3) is 49.9 Å². The van der Waals surface area contributed by atoms with E-state index in [0.717, 1.165) is 19.3 Å². The van der Waals surface area contributed by atoms with Gasteiger partial charge in [-0.15, -0.1) is 0 Å². The molecule has 0 spiro atoms. The fourth-order valence-corrected chi connectivity index (χ4v) is 8.91. The first-order valence-electron chi connectivity index (χ1n) is 21.6. The minimum absolute atomic E-state index is 0.158. The monoisotopic (exact) mass is 749 g/mol. The number of hydrogen-bond donors (Lipinski definition) is 0. The molecule has 1 heteroatoms. The maximum atomic E-state index is 2.52. The van der Waals surface area contributed by atoms with Gasteiger partial charge in [0.05, 0.1) is 0 Å². The molecule has 292 valence electrons. The van der Waals surface area contributed by atoms with Gasteiger partial charge in [-0.3, -0.25) is 0 Å². The van der Waals surface area contributed by atoms with E-state index in [0.29, 0.717) is 11.8 Å². The number of allylic oxidation sites excluding steroid dienone is 6. The standard InChI is InChI=1S/C52H51N.2C2H6/c1-7-15-47(35(2)3)53(48-23-13-8-16-36(48)4)43-30-32-52(6,33-31-43)51-45-21-12-11-20-44(45)50(46-22-14-17-37(5)49(46)51)40-27-24-39(25-28-40)42-29-26-38-18-9-10-19-41(38)34-42;2*1-2/h8-16,18-32,34-35,37H,7,17,33H2,1-6H3;2*1-2H3/b47-15+;;. The van der Waals surface area contributed by atoms with Gasteiger partial charge >= 0.3 is 0 Å². The van der Waals surface area contributed by atoms with Crippen LogP contribution < -0.4 is 4.90 Å². The number of hydrogen-bond acceptors (Lipinski definition) is 1. The van der Waals surface area contributed by atoms with Crippen LogP contribution in [0, 0.1) is 12.8 Å². The highest BCUT2D eigenvalue weighted by molar-refractivity contribution is 6.05. The molecule has 8 rings (SSSR count). The molecule has 0 heterocycles. The largest absolute Gasteiger partial charge is 0.314 e. The van der Waals surface area contributed by atoms with Crippen molar-refractivity contribution < 1.29 is 0 Å². The molecule has 6 aromatic rings. The van der Waals surface area contributed by atoms with Gasteiger partial charge in [0.2, 0.25) is 0 Å². The van der Waals surface area contributed by atoms with Crippen molar-refractivity contribution in [2.45, 2.75) is 99.8 Å². The van der Waals surface area contributed by atoms with Crippen LogP contribution in [0.5, 0.6) is 0 Å². The van der Waals surface area contributed by atoms with E-state index in [2.05, 4.69) is 198 Å². The second kappa shape index (κ2) is 18.2. The highest BCUT2D eigenvalue weighted by atomic mass is 15.2. The van der Waals surface area contributed by atoms with E-state index in [9.17, 15) is 0 Å². The molecular formula is C56H63N. The first kappa shape index (κ1) is 41.2. The summed E-state index contributed by atoms with van der Waals surface area (Å²) in [5, 5.41) is 5.25. The van der Waals surface area contributed by atoms with Crippen molar-refractivity contribution in [2.75, 3.05) is 4.90 Å². The molecule has 0 fully saturated rings. The minimum Gasteiger partial charge on any atom is -0.314 e. The lowest BCUT2D eigenvalue weighted by atomic mass is 9.67. The molecule has 6 aromatic carbocycles. The molecule has 0 aromatic heterocycles. The number of nitrogens with zero attached hydrogens (tertiary/aromatic N) is 1. The van der Waals surface area contributed by atoms with Crippen LogP contribution in [0.2, 0.25) is 0 Å².